The van der Waals surface area contributed by atoms with E-state index in [1.165, 1.54) is 29.3 Å². The molecule has 2 aromatic carbocycles. The van der Waals surface area contributed by atoms with Crippen molar-refractivity contribution in [3.05, 3.63) is 70.5 Å². The molecule has 0 aliphatic heterocycles. The molecule has 1 aliphatic rings. The fourth-order valence-corrected chi connectivity index (χ4v) is 3.48. The van der Waals surface area contributed by atoms with Gasteiger partial charge in [0.05, 0.1) is 5.56 Å². The van der Waals surface area contributed by atoms with Crippen LogP contribution in [0, 0.1) is 5.82 Å². The van der Waals surface area contributed by atoms with Crippen LogP contribution in [0.5, 0.6) is 0 Å². The van der Waals surface area contributed by atoms with E-state index in [1.54, 1.807) is 6.92 Å². The van der Waals surface area contributed by atoms with Gasteiger partial charge in [-0.3, -0.25) is 9.59 Å². The van der Waals surface area contributed by atoms with Gasteiger partial charge >= 0.3 is 0 Å². The Bertz CT molecular complexity index is 800. The van der Waals surface area contributed by atoms with Crippen molar-refractivity contribution in [2.75, 3.05) is 6.54 Å². The maximum Gasteiger partial charge on any atom is 0.251 e. The predicted molar refractivity (Wildman–Crippen MR) is 95.5 cm³/mol. The van der Waals surface area contributed by atoms with E-state index >= 15 is 0 Å². The third-order valence-corrected chi connectivity index (χ3v) is 4.89. The molecule has 0 fully saturated rings. The first-order valence-corrected chi connectivity index (χ1v) is 8.79. The normalized spacial score (nSPS) is 15.7. The van der Waals surface area contributed by atoms with E-state index in [-0.39, 0.29) is 23.7 Å². The van der Waals surface area contributed by atoms with Gasteiger partial charge in [-0.25, -0.2) is 4.39 Å². The van der Waals surface area contributed by atoms with Crippen LogP contribution in [0.25, 0.3) is 0 Å². The van der Waals surface area contributed by atoms with Gasteiger partial charge in [-0.1, -0.05) is 31.2 Å². The van der Waals surface area contributed by atoms with E-state index in [4.69, 9.17) is 0 Å². The van der Waals surface area contributed by atoms with Gasteiger partial charge in [0.15, 0.2) is 5.78 Å². The van der Waals surface area contributed by atoms with E-state index in [0.29, 0.717) is 18.0 Å². The lowest BCUT2D eigenvalue weighted by molar-refractivity contribution is 0.0952. The van der Waals surface area contributed by atoms with Gasteiger partial charge in [0.25, 0.3) is 5.91 Å². The molecular weight excluding hydrogens is 317 g/mol. The Kier molecular flexibility index (Phi) is 5.27. The van der Waals surface area contributed by atoms with Crippen molar-refractivity contribution in [3.8, 4) is 0 Å². The highest BCUT2D eigenvalue weighted by Crippen LogP contribution is 2.34. The first-order chi connectivity index (χ1) is 12.1. The van der Waals surface area contributed by atoms with Crippen LogP contribution < -0.4 is 5.32 Å². The number of rotatable bonds is 6. The Morgan fingerprint density at radius 3 is 2.80 bits per heavy atom. The van der Waals surface area contributed by atoms with Crippen LogP contribution in [0.4, 0.5) is 4.39 Å². The van der Waals surface area contributed by atoms with Gasteiger partial charge in [0, 0.05) is 18.5 Å². The number of Topliss-reactive ketones (excluding diaryl/α,β-unsaturated/α-hetero) is 1. The van der Waals surface area contributed by atoms with Crippen LogP contribution >= 0.6 is 0 Å². The quantitative estimate of drug-likeness (QED) is 0.799. The Hall–Kier alpha value is -2.49. The third-order valence-electron chi connectivity index (χ3n) is 4.89. The highest BCUT2D eigenvalue weighted by Gasteiger charge is 2.21. The maximum atomic E-state index is 13.7. The minimum absolute atomic E-state index is 0.0140. The molecule has 3 rings (SSSR count). The van der Waals surface area contributed by atoms with Crippen molar-refractivity contribution in [1.29, 1.82) is 0 Å². The SMILES string of the molecule is CCC(=O)c1cc(C(=O)NCCC2CCc3ccccc32)ccc1F. The van der Waals surface area contributed by atoms with Crippen molar-refractivity contribution >= 4 is 11.7 Å². The molecule has 25 heavy (non-hydrogen) atoms. The fraction of sp³-hybridized carbons (Fsp3) is 0.333. The molecule has 0 saturated heterocycles. The second-order valence-corrected chi connectivity index (χ2v) is 6.45. The fourth-order valence-electron chi connectivity index (χ4n) is 3.48. The first-order valence-electron chi connectivity index (χ1n) is 8.79. The lowest BCUT2D eigenvalue weighted by Gasteiger charge is -2.12. The molecule has 1 amide bonds. The smallest absolute Gasteiger partial charge is 0.251 e. The summed E-state index contributed by atoms with van der Waals surface area (Å²) in [5.41, 5.74) is 3.10. The van der Waals surface area contributed by atoms with Crippen molar-refractivity contribution in [2.45, 2.75) is 38.5 Å². The molecule has 0 aromatic heterocycles. The lowest BCUT2D eigenvalue weighted by atomic mass is 9.98. The average molecular weight is 339 g/mol. The monoisotopic (exact) mass is 339 g/mol. The van der Waals surface area contributed by atoms with Crippen LogP contribution in [0.15, 0.2) is 42.5 Å². The van der Waals surface area contributed by atoms with E-state index in [9.17, 15) is 14.0 Å². The summed E-state index contributed by atoms with van der Waals surface area (Å²) in [7, 11) is 0. The number of ketones is 1. The zero-order chi connectivity index (χ0) is 17.8. The van der Waals surface area contributed by atoms with E-state index < -0.39 is 5.82 Å². The number of carbonyl (C=O) groups is 2. The van der Waals surface area contributed by atoms with E-state index in [2.05, 4.69) is 29.6 Å². The number of fused-ring (bicyclic) bond motifs is 1. The van der Waals surface area contributed by atoms with Gasteiger partial charge in [0.2, 0.25) is 0 Å². The number of carbonyl (C=O) groups excluding carboxylic acids is 2. The maximum absolute atomic E-state index is 13.7. The zero-order valence-electron chi connectivity index (χ0n) is 14.3. The minimum Gasteiger partial charge on any atom is -0.352 e. The van der Waals surface area contributed by atoms with Crippen LogP contribution in [-0.2, 0) is 6.42 Å². The standard InChI is InChI=1S/C21H22FNO2/c1-2-20(24)18-13-16(9-10-19(18)22)21(25)23-12-11-15-8-7-14-5-3-4-6-17(14)15/h3-6,9-10,13,15H,2,7-8,11-12H2,1H3,(H,23,25). The number of halogens is 1. The summed E-state index contributed by atoms with van der Waals surface area (Å²) in [6, 6.07) is 12.4. The van der Waals surface area contributed by atoms with Crippen molar-refractivity contribution in [1.82, 2.24) is 5.32 Å². The summed E-state index contributed by atoms with van der Waals surface area (Å²) in [4.78, 5) is 24.0. The largest absolute Gasteiger partial charge is 0.352 e. The molecular formula is C21H22FNO2. The molecule has 0 heterocycles. The summed E-state index contributed by atoms with van der Waals surface area (Å²) in [6.07, 6.45) is 3.30. The number of nitrogens with one attached hydrogen (secondary N) is 1. The van der Waals surface area contributed by atoms with Gasteiger partial charge < -0.3 is 5.32 Å². The minimum atomic E-state index is -0.578. The van der Waals surface area contributed by atoms with Crippen molar-refractivity contribution in [2.24, 2.45) is 0 Å². The summed E-state index contributed by atoms with van der Waals surface area (Å²) >= 11 is 0. The summed E-state index contributed by atoms with van der Waals surface area (Å²) < 4.78 is 13.7. The lowest BCUT2D eigenvalue weighted by Crippen LogP contribution is -2.25. The molecule has 3 nitrogen and oxygen atoms in total. The van der Waals surface area contributed by atoms with Gasteiger partial charge in [-0.15, -0.1) is 0 Å². The summed E-state index contributed by atoms with van der Waals surface area (Å²) in [5.74, 6) is -0.668. The Morgan fingerprint density at radius 1 is 1.20 bits per heavy atom. The number of amides is 1. The second kappa shape index (κ2) is 7.60. The number of hydrogen-bond donors (Lipinski definition) is 1. The van der Waals surface area contributed by atoms with Crippen molar-refractivity contribution < 1.29 is 14.0 Å². The molecule has 130 valence electrons. The molecule has 0 saturated carbocycles. The number of benzene rings is 2. The highest BCUT2D eigenvalue weighted by atomic mass is 19.1. The molecule has 1 atom stereocenters. The second-order valence-electron chi connectivity index (χ2n) is 6.45. The van der Waals surface area contributed by atoms with Gasteiger partial charge in [-0.2, -0.15) is 0 Å². The van der Waals surface area contributed by atoms with Crippen LogP contribution in [0.2, 0.25) is 0 Å². The summed E-state index contributed by atoms with van der Waals surface area (Å²) in [6.45, 7) is 2.24. The van der Waals surface area contributed by atoms with Crippen LogP contribution in [-0.4, -0.2) is 18.2 Å². The van der Waals surface area contributed by atoms with E-state index in [1.807, 2.05) is 0 Å². The Balaban J connectivity index is 1.59. The first kappa shape index (κ1) is 17.3. The van der Waals surface area contributed by atoms with E-state index in [0.717, 1.165) is 19.3 Å². The average Bonchev–Trinajstić information content (AvgIpc) is 3.04. The van der Waals surface area contributed by atoms with Gasteiger partial charge in [0.1, 0.15) is 5.82 Å². The Morgan fingerprint density at radius 2 is 2.00 bits per heavy atom. The summed E-state index contributed by atoms with van der Waals surface area (Å²) in [5, 5.41) is 2.89. The molecule has 1 aliphatic carbocycles. The van der Waals surface area contributed by atoms with Crippen LogP contribution in [0.3, 0.4) is 0 Å². The predicted octanol–water partition coefficient (Wildman–Crippen LogP) is 4.27. The molecule has 2 aromatic rings. The highest BCUT2D eigenvalue weighted by molar-refractivity contribution is 6.00. The molecule has 1 unspecified atom stereocenters. The molecule has 4 heteroatoms. The van der Waals surface area contributed by atoms with Crippen molar-refractivity contribution in [3.63, 3.8) is 0 Å². The van der Waals surface area contributed by atoms with Crippen LogP contribution in [0.1, 0.15) is 63.9 Å². The molecule has 1 N–H and O–H groups in total. The third kappa shape index (κ3) is 3.78. The Labute approximate surface area is 147 Å². The molecule has 0 bridgehead atoms. The van der Waals surface area contributed by atoms with Gasteiger partial charge in [-0.05, 0) is 54.5 Å². The molecule has 0 spiro atoms. The number of aryl methyl sites for hydroxylation is 1. The number of hydrogen-bond acceptors (Lipinski definition) is 2. The zero-order valence-corrected chi connectivity index (χ0v) is 14.3. The molecule has 0 radical (unpaired) electrons. The topological polar surface area (TPSA) is 46.2 Å².